The summed E-state index contributed by atoms with van der Waals surface area (Å²) in [5, 5.41) is 1.10. The summed E-state index contributed by atoms with van der Waals surface area (Å²) >= 11 is 0. The number of hydrogen-bond acceptors (Lipinski definition) is 3. The maximum absolute atomic E-state index is 6.16. The van der Waals surface area contributed by atoms with Gasteiger partial charge in [0.2, 0.25) is 0 Å². The number of fused-ring (bicyclic) bond motifs is 3. The van der Waals surface area contributed by atoms with Crippen molar-refractivity contribution in [2.75, 3.05) is 5.73 Å². The van der Waals surface area contributed by atoms with Crippen molar-refractivity contribution in [3.63, 3.8) is 0 Å². The van der Waals surface area contributed by atoms with E-state index in [0.717, 1.165) is 41.3 Å². The summed E-state index contributed by atoms with van der Waals surface area (Å²) in [6, 6.07) is 16.9. The molecule has 2 N–H and O–H groups in total. The van der Waals surface area contributed by atoms with Gasteiger partial charge in [-0.1, -0.05) is 62.4 Å². The van der Waals surface area contributed by atoms with Gasteiger partial charge in [0.1, 0.15) is 5.52 Å². The summed E-state index contributed by atoms with van der Waals surface area (Å²) in [5.74, 6) is 1.03. The van der Waals surface area contributed by atoms with Crippen molar-refractivity contribution in [1.29, 1.82) is 0 Å². The molecule has 0 fully saturated rings. The van der Waals surface area contributed by atoms with Crippen LogP contribution in [0, 0.1) is 5.92 Å². The summed E-state index contributed by atoms with van der Waals surface area (Å²) in [7, 11) is 0. The molecule has 2 aromatic heterocycles. The molecule has 2 aromatic carbocycles. The van der Waals surface area contributed by atoms with Crippen molar-refractivity contribution in [1.82, 2.24) is 14.5 Å². The third-order valence-corrected chi connectivity index (χ3v) is 4.91. The van der Waals surface area contributed by atoms with Crippen LogP contribution in [0.2, 0.25) is 0 Å². The van der Waals surface area contributed by atoms with E-state index in [4.69, 9.17) is 5.73 Å². The standard InChI is InChI=1S/C24H26N4/c1-17(2)15-28-16-26-22-23(28)20-14-19(12-13-21(20)27-24(22)25)11-7-6-10-18-8-4-3-5-9-18/h3-5,7-9,11-14,16-17H,6,10,15H2,1-2H3,(H2,25,27). The van der Waals surface area contributed by atoms with Gasteiger partial charge in [-0.25, -0.2) is 9.97 Å². The Labute approximate surface area is 165 Å². The van der Waals surface area contributed by atoms with Crippen molar-refractivity contribution < 1.29 is 0 Å². The average molecular weight is 371 g/mol. The van der Waals surface area contributed by atoms with Crippen molar-refractivity contribution in [3.8, 4) is 0 Å². The second-order valence-corrected chi connectivity index (χ2v) is 7.69. The number of nitrogens with two attached hydrogens (primary N) is 1. The molecule has 142 valence electrons. The number of hydrogen-bond donors (Lipinski definition) is 1. The number of benzene rings is 2. The molecule has 0 saturated heterocycles. The van der Waals surface area contributed by atoms with Crippen LogP contribution in [0.4, 0.5) is 5.82 Å². The minimum Gasteiger partial charge on any atom is -0.382 e. The maximum Gasteiger partial charge on any atom is 0.152 e. The molecule has 28 heavy (non-hydrogen) atoms. The SMILES string of the molecule is CC(C)Cn1cnc2c(N)nc3ccc(C=CCCc4ccccc4)cc3c21. The van der Waals surface area contributed by atoms with Gasteiger partial charge in [0.05, 0.1) is 17.4 Å². The van der Waals surface area contributed by atoms with E-state index in [2.05, 4.69) is 89.1 Å². The fraction of sp³-hybridized carbons (Fsp3) is 0.250. The number of aryl methyl sites for hydroxylation is 1. The molecule has 4 rings (SSSR count). The van der Waals surface area contributed by atoms with Crippen molar-refractivity contribution in [2.24, 2.45) is 5.92 Å². The van der Waals surface area contributed by atoms with Gasteiger partial charge in [-0.05, 0) is 42.0 Å². The number of allylic oxidation sites excluding steroid dienone is 1. The predicted molar refractivity (Wildman–Crippen MR) is 118 cm³/mol. The normalized spacial score (nSPS) is 12.0. The average Bonchev–Trinajstić information content (AvgIpc) is 3.10. The predicted octanol–water partition coefficient (Wildman–Crippen LogP) is 5.47. The van der Waals surface area contributed by atoms with Gasteiger partial charge in [-0.2, -0.15) is 0 Å². The number of rotatable bonds is 6. The Kier molecular flexibility index (Phi) is 5.11. The molecule has 0 amide bonds. The maximum atomic E-state index is 6.16. The Bertz CT molecular complexity index is 1120. The highest BCUT2D eigenvalue weighted by atomic mass is 15.1. The van der Waals surface area contributed by atoms with Gasteiger partial charge in [0.25, 0.3) is 0 Å². The summed E-state index contributed by atoms with van der Waals surface area (Å²) in [4.78, 5) is 9.07. The lowest BCUT2D eigenvalue weighted by molar-refractivity contribution is 0.533. The van der Waals surface area contributed by atoms with E-state index in [1.165, 1.54) is 11.1 Å². The Hall–Kier alpha value is -3.14. The van der Waals surface area contributed by atoms with Crippen molar-refractivity contribution in [2.45, 2.75) is 33.2 Å². The molecule has 0 unspecified atom stereocenters. The highest BCUT2D eigenvalue weighted by molar-refractivity contribution is 6.06. The molecule has 2 heterocycles. The lowest BCUT2D eigenvalue weighted by Crippen LogP contribution is -2.03. The Morgan fingerprint density at radius 3 is 2.71 bits per heavy atom. The number of anilines is 1. The van der Waals surface area contributed by atoms with Gasteiger partial charge in [0.15, 0.2) is 5.82 Å². The minimum atomic E-state index is 0.496. The molecular weight excluding hydrogens is 344 g/mol. The number of aromatic nitrogens is 3. The van der Waals surface area contributed by atoms with Gasteiger partial charge in [-0.3, -0.25) is 0 Å². The van der Waals surface area contributed by atoms with Gasteiger partial charge < -0.3 is 10.3 Å². The fourth-order valence-corrected chi connectivity index (χ4v) is 3.63. The van der Waals surface area contributed by atoms with E-state index >= 15 is 0 Å². The van der Waals surface area contributed by atoms with Crippen molar-refractivity contribution in [3.05, 3.63) is 72.1 Å². The van der Waals surface area contributed by atoms with Gasteiger partial charge in [0, 0.05) is 11.9 Å². The molecule has 0 spiro atoms. The fourth-order valence-electron chi connectivity index (χ4n) is 3.63. The third-order valence-electron chi connectivity index (χ3n) is 4.91. The lowest BCUT2D eigenvalue weighted by atomic mass is 10.1. The Morgan fingerprint density at radius 1 is 1.11 bits per heavy atom. The summed E-state index contributed by atoms with van der Waals surface area (Å²) in [6.07, 6.45) is 8.37. The van der Waals surface area contributed by atoms with Gasteiger partial charge >= 0.3 is 0 Å². The second kappa shape index (κ2) is 7.85. The van der Waals surface area contributed by atoms with Crippen LogP contribution >= 0.6 is 0 Å². The van der Waals surface area contributed by atoms with Gasteiger partial charge in [-0.15, -0.1) is 0 Å². The molecular formula is C24H26N4. The molecule has 4 heteroatoms. The van der Waals surface area contributed by atoms with Crippen LogP contribution in [0.15, 0.2) is 60.9 Å². The minimum absolute atomic E-state index is 0.496. The molecule has 0 aliphatic heterocycles. The Balaban J connectivity index is 1.65. The first kappa shape index (κ1) is 18.2. The molecule has 0 saturated carbocycles. The van der Waals surface area contributed by atoms with Crippen LogP contribution < -0.4 is 5.73 Å². The highest BCUT2D eigenvalue weighted by Crippen LogP contribution is 2.28. The number of pyridine rings is 1. The highest BCUT2D eigenvalue weighted by Gasteiger charge is 2.13. The summed E-state index contributed by atoms with van der Waals surface area (Å²) < 4.78 is 2.20. The van der Waals surface area contributed by atoms with Crippen molar-refractivity contribution >= 4 is 33.8 Å². The van der Waals surface area contributed by atoms with E-state index < -0.39 is 0 Å². The number of nitrogens with zero attached hydrogens (tertiary/aromatic N) is 3. The lowest BCUT2D eigenvalue weighted by Gasteiger charge is -2.10. The van der Waals surface area contributed by atoms with Crippen LogP contribution in [0.5, 0.6) is 0 Å². The zero-order chi connectivity index (χ0) is 19.5. The molecule has 0 aliphatic carbocycles. The first-order valence-corrected chi connectivity index (χ1v) is 9.86. The largest absolute Gasteiger partial charge is 0.382 e. The first-order valence-electron chi connectivity index (χ1n) is 9.86. The molecule has 0 atom stereocenters. The zero-order valence-electron chi connectivity index (χ0n) is 16.5. The van der Waals surface area contributed by atoms with Crippen LogP contribution in [0.3, 0.4) is 0 Å². The van der Waals surface area contributed by atoms with Crippen LogP contribution in [-0.4, -0.2) is 14.5 Å². The molecule has 0 radical (unpaired) electrons. The summed E-state index contributed by atoms with van der Waals surface area (Å²) in [5.41, 5.74) is 11.5. The topological polar surface area (TPSA) is 56.7 Å². The smallest absolute Gasteiger partial charge is 0.152 e. The quantitative estimate of drug-likeness (QED) is 0.490. The second-order valence-electron chi connectivity index (χ2n) is 7.69. The zero-order valence-corrected chi connectivity index (χ0v) is 16.5. The molecule has 4 nitrogen and oxygen atoms in total. The van der Waals surface area contributed by atoms with Crippen LogP contribution in [0.1, 0.15) is 31.4 Å². The van der Waals surface area contributed by atoms with E-state index in [9.17, 15) is 0 Å². The monoisotopic (exact) mass is 370 g/mol. The molecule has 0 bridgehead atoms. The van der Waals surface area contributed by atoms with Crippen LogP contribution in [-0.2, 0) is 13.0 Å². The van der Waals surface area contributed by atoms with E-state index in [1.807, 2.05) is 6.33 Å². The van der Waals surface area contributed by atoms with E-state index in [-0.39, 0.29) is 0 Å². The van der Waals surface area contributed by atoms with E-state index in [1.54, 1.807) is 0 Å². The van der Waals surface area contributed by atoms with Crippen LogP contribution in [0.25, 0.3) is 28.0 Å². The Morgan fingerprint density at radius 2 is 1.93 bits per heavy atom. The molecule has 0 aliphatic rings. The molecule has 4 aromatic rings. The number of imidazole rings is 1. The number of nitrogen functional groups attached to an aromatic ring is 1. The third kappa shape index (κ3) is 3.77. The van der Waals surface area contributed by atoms with E-state index in [0.29, 0.717) is 11.7 Å². The first-order chi connectivity index (χ1) is 13.6. The summed E-state index contributed by atoms with van der Waals surface area (Å²) in [6.45, 7) is 5.32.